The molecule has 23 heavy (non-hydrogen) atoms. The summed E-state index contributed by atoms with van der Waals surface area (Å²) in [5, 5.41) is 20.7. The third kappa shape index (κ3) is 2.71. The summed E-state index contributed by atoms with van der Waals surface area (Å²) in [6.45, 7) is 0. The van der Waals surface area contributed by atoms with E-state index in [1.54, 1.807) is 0 Å². The lowest BCUT2D eigenvalue weighted by atomic mass is 9.66. The van der Waals surface area contributed by atoms with Crippen molar-refractivity contribution in [2.24, 2.45) is 0 Å². The van der Waals surface area contributed by atoms with Crippen LogP contribution in [0.2, 0.25) is 0 Å². The average molecular weight is 308 g/mol. The maximum atomic E-state index is 10.3. The van der Waals surface area contributed by atoms with Gasteiger partial charge in [0, 0.05) is 0 Å². The predicted octanol–water partition coefficient (Wildman–Crippen LogP) is 5.03. The van der Waals surface area contributed by atoms with Gasteiger partial charge in [0.15, 0.2) is 0 Å². The first-order valence-electron chi connectivity index (χ1n) is 8.86. The van der Waals surface area contributed by atoms with Crippen molar-refractivity contribution in [2.45, 2.75) is 56.8 Å². The van der Waals surface area contributed by atoms with Gasteiger partial charge in [0.1, 0.15) is 11.5 Å². The molecule has 2 nitrogen and oxygen atoms in total. The smallest absolute Gasteiger partial charge is 0.119 e. The van der Waals surface area contributed by atoms with Crippen LogP contribution in [0, 0.1) is 0 Å². The molecule has 2 aromatic carbocycles. The van der Waals surface area contributed by atoms with E-state index in [0.717, 1.165) is 36.8 Å². The second-order valence-electron chi connectivity index (χ2n) is 7.14. The number of fused-ring (bicyclic) bond motifs is 7. The molecule has 2 heteroatoms. The fourth-order valence-corrected chi connectivity index (χ4v) is 4.19. The minimum atomic E-state index is 0.330. The lowest BCUT2D eigenvalue weighted by Crippen LogP contribution is -2.22. The SMILES string of the molecule is Oc1ccc2cc1C1CCC1c1cc(ccc1O)CCCCC2. The molecule has 1 fully saturated rings. The van der Waals surface area contributed by atoms with Gasteiger partial charge in [-0.3, -0.25) is 0 Å². The van der Waals surface area contributed by atoms with Gasteiger partial charge >= 0.3 is 0 Å². The second-order valence-corrected chi connectivity index (χ2v) is 7.14. The van der Waals surface area contributed by atoms with Gasteiger partial charge in [-0.15, -0.1) is 0 Å². The largest absolute Gasteiger partial charge is 0.508 e. The number of aromatic hydroxyl groups is 2. The lowest BCUT2D eigenvalue weighted by molar-refractivity contribution is 0.323. The van der Waals surface area contributed by atoms with Gasteiger partial charge in [0.2, 0.25) is 0 Å². The summed E-state index contributed by atoms with van der Waals surface area (Å²) in [7, 11) is 0. The van der Waals surface area contributed by atoms with Gasteiger partial charge in [-0.1, -0.05) is 30.7 Å². The van der Waals surface area contributed by atoms with Crippen LogP contribution in [0.25, 0.3) is 0 Å². The molecule has 2 aliphatic rings. The van der Waals surface area contributed by atoms with Crippen molar-refractivity contribution in [3.63, 3.8) is 0 Å². The summed E-state index contributed by atoms with van der Waals surface area (Å²) >= 11 is 0. The Balaban J connectivity index is 1.78. The van der Waals surface area contributed by atoms with Crippen LogP contribution in [0.5, 0.6) is 11.5 Å². The van der Waals surface area contributed by atoms with Gasteiger partial charge < -0.3 is 10.2 Å². The summed E-state index contributed by atoms with van der Waals surface area (Å²) < 4.78 is 0. The first kappa shape index (κ1) is 14.6. The standard InChI is InChI=1S/C21H24O2/c22-20-10-6-14-4-2-1-3-5-15-7-11-21(23)19(13-15)17-9-8-16(17)18(20)12-14/h6-7,10-13,16-17,22-23H,1-5,8-9H2. The summed E-state index contributed by atoms with van der Waals surface area (Å²) in [5.74, 6) is 1.48. The zero-order chi connectivity index (χ0) is 15.8. The Kier molecular flexibility index (Phi) is 3.76. The number of phenols is 2. The van der Waals surface area contributed by atoms with E-state index in [9.17, 15) is 10.2 Å². The molecule has 1 saturated carbocycles. The zero-order valence-electron chi connectivity index (χ0n) is 13.5. The van der Waals surface area contributed by atoms with Crippen molar-refractivity contribution in [3.05, 3.63) is 58.7 Å². The molecule has 0 aliphatic heterocycles. The average Bonchev–Trinajstić information content (AvgIpc) is 2.51. The topological polar surface area (TPSA) is 40.5 Å². The van der Waals surface area contributed by atoms with E-state index in [2.05, 4.69) is 24.3 Å². The molecule has 4 bridgehead atoms. The van der Waals surface area contributed by atoms with Crippen LogP contribution in [0.1, 0.15) is 66.2 Å². The monoisotopic (exact) mass is 308 g/mol. The number of hydrogen-bond acceptors (Lipinski definition) is 2. The van der Waals surface area contributed by atoms with E-state index in [-0.39, 0.29) is 0 Å². The Morgan fingerprint density at radius 3 is 1.57 bits per heavy atom. The Morgan fingerprint density at radius 1 is 0.652 bits per heavy atom. The molecule has 0 aromatic heterocycles. The summed E-state index contributed by atoms with van der Waals surface area (Å²) in [6.07, 6.45) is 7.98. The van der Waals surface area contributed by atoms with E-state index in [0.29, 0.717) is 23.3 Å². The molecule has 0 spiro atoms. The second kappa shape index (κ2) is 5.92. The Labute approximate surface area is 137 Å². The highest BCUT2D eigenvalue weighted by atomic mass is 16.3. The minimum Gasteiger partial charge on any atom is -0.508 e. The third-order valence-electron chi connectivity index (χ3n) is 5.69. The van der Waals surface area contributed by atoms with Crippen LogP contribution in [0.15, 0.2) is 36.4 Å². The van der Waals surface area contributed by atoms with Crippen molar-refractivity contribution in [1.82, 2.24) is 0 Å². The molecule has 2 N–H and O–H groups in total. The van der Waals surface area contributed by atoms with E-state index in [1.807, 2.05) is 12.1 Å². The predicted molar refractivity (Wildman–Crippen MR) is 92.2 cm³/mol. The summed E-state index contributed by atoms with van der Waals surface area (Å²) in [4.78, 5) is 0. The summed E-state index contributed by atoms with van der Waals surface area (Å²) in [5.41, 5.74) is 4.81. The minimum absolute atomic E-state index is 0.330. The van der Waals surface area contributed by atoms with Crippen molar-refractivity contribution < 1.29 is 10.2 Å². The molecule has 2 aromatic rings. The molecule has 120 valence electrons. The Morgan fingerprint density at radius 2 is 1.13 bits per heavy atom. The first-order chi connectivity index (χ1) is 11.2. The molecule has 0 saturated heterocycles. The van der Waals surface area contributed by atoms with Crippen LogP contribution in [0.3, 0.4) is 0 Å². The van der Waals surface area contributed by atoms with Gasteiger partial charge in [-0.25, -0.2) is 0 Å². The van der Waals surface area contributed by atoms with E-state index in [1.165, 1.54) is 30.4 Å². The molecule has 4 rings (SSSR count). The third-order valence-corrected chi connectivity index (χ3v) is 5.69. The van der Waals surface area contributed by atoms with Gasteiger partial charge in [0.25, 0.3) is 0 Å². The summed E-state index contributed by atoms with van der Waals surface area (Å²) in [6, 6.07) is 12.2. The fraction of sp³-hybridized carbons (Fsp3) is 0.429. The fourth-order valence-electron chi connectivity index (χ4n) is 4.19. The van der Waals surface area contributed by atoms with Crippen LogP contribution < -0.4 is 0 Å². The maximum Gasteiger partial charge on any atom is 0.119 e. The molecule has 2 atom stereocenters. The van der Waals surface area contributed by atoms with Crippen LogP contribution in [0.4, 0.5) is 0 Å². The van der Waals surface area contributed by atoms with Gasteiger partial charge in [-0.05, 0) is 84.7 Å². The number of aryl methyl sites for hydroxylation is 2. The van der Waals surface area contributed by atoms with Gasteiger partial charge in [0.05, 0.1) is 0 Å². The highest BCUT2D eigenvalue weighted by Gasteiger charge is 2.36. The number of rotatable bonds is 0. The van der Waals surface area contributed by atoms with Crippen LogP contribution in [-0.4, -0.2) is 10.2 Å². The van der Waals surface area contributed by atoms with E-state index < -0.39 is 0 Å². The molecular weight excluding hydrogens is 284 g/mol. The van der Waals surface area contributed by atoms with Crippen molar-refractivity contribution in [3.8, 4) is 11.5 Å². The maximum absolute atomic E-state index is 10.3. The van der Waals surface area contributed by atoms with E-state index in [4.69, 9.17) is 0 Å². The molecule has 2 unspecified atom stereocenters. The molecule has 2 aliphatic carbocycles. The van der Waals surface area contributed by atoms with Crippen LogP contribution in [-0.2, 0) is 12.8 Å². The highest BCUT2D eigenvalue weighted by Crippen LogP contribution is 2.53. The Bertz CT molecular complexity index is 658. The lowest BCUT2D eigenvalue weighted by Gasteiger charge is -2.38. The quantitative estimate of drug-likeness (QED) is 0.716. The number of hydrogen-bond donors (Lipinski definition) is 2. The van der Waals surface area contributed by atoms with Crippen molar-refractivity contribution in [1.29, 1.82) is 0 Å². The van der Waals surface area contributed by atoms with Crippen molar-refractivity contribution >= 4 is 0 Å². The number of benzene rings is 2. The molecule has 0 amide bonds. The normalized spacial score (nSPS) is 23.7. The number of phenolic OH excluding ortho intramolecular Hbond substituents is 2. The van der Waals surface area contributed by atoms with Crippen molar-refractivity contribution in [2.75, 3.05) is 0 Å². The Hall–Kier alpha value is -1.96. The molecule has 0 heterocycles. The highest BCUT2D eigenvalue weighted by molar-refractivity contribution is 5.47. The van der Waals surface area contributed by atoms with Gasteiger partial charge in [-0.2, -0.15) is 0 Å². The van der Waals surface area contributed by atoms with E-state index >= 15 is 0 Å². The molecular formula is C21H24O2. The molecule has 0 radical (unpaired) electrons. The zero-order valence-corrected chi connectivity index (χ0v) is 13.5. The van der Waals surface area contributed by atoms with Crippen LogP contribution >= 0.6 is 0 Å². The first-order valence-corrected chi connectivity index (χ1v) is 8.86.